The Kier molecular flexibility index (Phi) is 5.71. The number of halogens is 2. The monoisotopic (exact) mass is 365 g/mol. The number of amides is 1. The van der Waals surface area contributed by atoms with Gasteiger partial charge in [0.05, 0.1) is 28.2 Å². The van der Waals surface area contributed by atoms with Crippen LogP contribution in [0.2, 0.25) is 10.0 Å². The van der Waals surface area contributed by atoms with E-state index in [0.717, 1.165) is 0 Å². The van der Waals surface area contributed by atoms with Crippen LogP contribution in [-0.2, 0) is 14.6 Å². The fourth-order valence-corrected chi connectivity index (χ4v) is 4.48. The van der Waals surface area contributed by atoms with Crippen LogP contribution in [-0.4, -0.2) is 57.0 Å². The molecule has 1 saturated heterocycles. The van der Waals surface area contributed by atoms with Crippen molar-refractivity contribution in [3.8, 4) is 0 Å². The van der Waals surface area contributed by atoms with Gasteiger partial charge in [-0.25, -0.2) is 8.42 Å². The zero-order chi connectivity index (χ0) is 16.3. The summed E-state index contributed by atoms with van der Waals surface area (Å²) in [5, 5.41) is 0.656. The third-order valence-corrected chi connectivity index (χ3v) is 6.10. The minimum absolute atomic E-state index is 0.0101. The molecule has 1 fully saturated rings. The number of nitrogens with zero attached hydrogens (tertiary/aromatic N) is 1. The van der Waals surface area contributed by atoms with Crippen LogP contribution in [0.3, 0.4) is 0 Å². The fraction of sp³-hybridized carbons (Fsp3) is 0.500. The van der Waals surface area contributed by atoms with Crippen LogP contribution < -0.4 is 0 Å². The molecule has 0 bridgehead atoms. The lowest BCUT2D eigenvalue weighted by Gasteiger charge is -2.28. The molecule has 1 amide bonds. The van der Waals surface area contributed by atoms with Gasteiger partial charge in [0.1, 0.15) is 0 Å². The van der Waals surface area contributed by atoms with Crippen molar-refractivity contribution >= 4 is 38.9 Å². The average Bonchev–Trinajstić information content (AvgIpc) is 2.82. The van der Waals surface area contributed by atoms with Crippen molar-refractivity contribution in [1.82, 2.24) is 4.90 Å². The van der Waals surface area contributed by atoms with Crippen molar-refractivity contribution in [2.24, 2.45) is 0 Å². The van der Waals surface area contributed by atoms with Crippen LogP contribution in [0, 0.1) is 0 Å². The molecule has 122 valence electrons. The topological polar surface area (TPSA) is 63.7 Å². The van der Waals surface area contributed by atoms with Crippen molar-refractivity contribution < 1.29 is 17.9 Å². The van der Waals surface area contributed by atoms with Gasteiger partial charge < -0.3 is 9.64 Å². The molecule has 1 atom stereocenters. The van der Waals surface area contributed by atoms with Crippen LogP contribution in [0.4, 0.5) is 0 Å². The largest absolute Gasteiger partial charge is 0.383 e. The summed E-state index contributed by atoms with van der Waals surface area (Å²) < 4.78 is 28.4. The molecule has 0 spiro atoms. The van der Waals surface area contributed by atoms with Gasteiger partial charge in [0.15, 0.2) is 9.84 Å². The minimum Gasteiger partial charge on any atom is -0.383 e. The first kappa shape index (κ1) is 17.5. The van der Waals surface area contributed by atoms with E-state index in [1.54, 1.807) is 17.0 Å². The molecule has 0 radical (unpaired) electrons. The summed E-state index contributed by atoms with van der Waals surface area (Å²) in [4.78, 5) is 14.2. The van der Waals surface area contributed by atoms with E-state index in [0.29, 0.717) is 35.2 Å². The highest BCUT2D eigenvalue weighted by Crippen LogP contribution is 2.25. The molecule has 1 aliphatic heterocycles. The molecule has 0 N–H and O–H groups in total. The lowest BCUT2D eigenvalue weighted by Crippen LogP contribution is -2.43. The quantitative estimate of drug-likeness (QED) is 0.802. The Morgan fingerprint density at radius 3 is 2.64 bits per heavy atom. The van der Waals surface area contributed by atoms with E-state index in [1.807, 2.05) is 0 Å². The Hall–Kier alpha value is -0.820. The molecule has 1 aromatic rings. The van der Waals surface area contributed by atoms with Crippen LogP contribution in [0.5, 0.6) is 0 Å². The Balaban J connectivity index is 2.24. The van der Waals surface area contributed by atoms with Gasteiger partial charge in [-0.3, -0.25) is 4.79 Å². The SMILES string of the molecule is COCCN(C(=O)c1ccc(Cl)c(Cl)c1)C1CCS(=O)(=O)C1. The summed E-state index contributed by atoms with van der Waals surface area (Å²) in [5.41, 5.74) is 0.384. The van der Waals surface area contributed by atoms with Crippen molar-refractivity contribution in [3.05, 3.63) is 33.8 Å². The second-order valence-corrected chi connectivity index (χ2v) is 8.22. The highest BCUT2D eigenvalue weighted by Gasteiger charge is 2.34. The number of benzene rings is 1. The van der Waals surface area contributed by atoms with Gasteiger partial charge in [-0.1, -0.05) is 23.2 Å². The number of sulfone groups is 1. The number of rotatable bonds is 5. The highest BCUT2D eigenvalue weighted by atomic mass is 35.5. The maximum atomic E-state index is 12.7. The first-order valence-corrected chi connectivity index (χ1v) is 9.37. The summed E-state index contributed by atoms with van der Waals surface area (Å²) >= 11 is 11.8. The normalized spacial score (nSPS) is 20.0. The summed E-state index contributed by atoms with van der Waals surface area (Å²) in [6.45, 7) is 0.666. The molecular formula is C14H17Cl2NO4S. The molecular weight excluding hydrogens is 349 g/mol. The maximum Gasteiger partial charge on any atom is 0.254 e. The number of carbonyl (C=O) groups is 1. The summed E-state index contributed by atoms with van der Waals surface area (Å²) in [6.07, 6.45) is 0.444. The van der Waals surface area contributed by atoms with E-state index in [4.69, 9.17) is 27.9 Å². The number of ether oxygens (including phenoxy) is 1. The Morgan fingerprint density at radius 2 is 2.09 bits per heavy atom. The predicted octanol–water partition coefficient (Wildman–Crippen LogP) is 2.27. The van der Waals surface area contributed by atoms with E-state index >= 15 is 0 Å². The van der Waals surface area contributed by atoms with E-state index in [9.17, 15) is 13.2 Å². The van der Waals surface area contributed by atoms with Gasteiger partial charge in [0, 0.05) is 25.3 Å². The van der Waals surface area contributed by atoms with Gasteiger partial charge in [-0.2, -0.15) is 0 Å². The first-order chi connectivity index (χ1) is 10.3. The summed E-state index contributed by atoms with van der Waals surface area (Å²) in [6, 6.07) is 4.30. The van der Waals surface area contributed by atoms with Gasteiger partial charge in [-0.15, -0.1) is 0 Å². The molecule has 0 aromatic heterocycles. The second-order valence-electron chi connectivity index (χ2n) is 5.18. The van der Waals surface area contributed by atoms with Gasteiger partial charge in [-0.05, 0) is 24.6 Å². The lowest BCUT2D eigenvalue weighted by atomic mass is 10.1. The Labute approximate surface area is 140 Å². The molecule has 5 nitrogen and oxygen atoms in total. The molecule has 1 unspecified atom stereocenters. The smallest absolute Gasteiger partial charge is 0.254 e. The first-order valence-electron chi connectivity index (χ1n) is 6.79. The van der Waals surface area contributed by atoms with Crippen LogP contribution in [0.1, 0.15) is 16.8 Å². The number of carbonyl (C=O) groups excluding carboxylic acids is 1. The van der Waals surface area contributed by atoms with Gasteiger partial charge in [0.2, 0.25) is 0 Å². The van der Waals surface area contributed by atoms with Gasteiger partial charge in [0.25, 0.3) is 5.91 Å². The maximum absolute atomic E-state index is 12.7. The van der Waals surface area contributed by atoms with E-state index in [-0.39, 0.29) is 23.5 Å². The molecule has 8 heteroatoms. The van der Waals surface area contributed by atoms with Crippen molar-refractivity contribution in [3.63, 3.8) is 0 Å². The third kappa shape index (κ3) is 4.13. The standard InChI is InChI=1S/C14H17Cl2NO4S/c1-21-6-5-17(11-4-7-22(19,20)9-11)14(18)10-2-3-12(15)13(16)8-10/h2-3,8,11H,4-7,9H2,1H3. The molecule has 0 saturated carbocycles. The summed E-state index contributed by atoms with van der Waals surface area (Å²) in [5.74, 6) is -0.169. The lowest BCUT2D eigenvalue weighted by molar-refractivity contribution is 0.0624. The second kappa shape index (κ2) is 7.17. The van der Waals surface area contributed by atoms with E-state index in [1.165, 1.54) is 13.2 Å². The van der Waals surface area contributed by atoms with Crippen LogP contribution in [0.25, 0.3) is 0 Å². The van der Waals surface area contributed by atoms with Gasteiger partial charge >= 0.3 is 0 Å². The van der Waals surface area contributed by atoms with Crippen molar-refractivity contribution in [2.45, 2.75) is 12.5 Å². The Bertz CT molecular complexity index is 663. The van der Waals surface area contributed by atoms with Crippen molar-refractivity contribution in [1.29, 1.82) is 0 Å². The van der Waals surface area contributed by atoms with E-state index < -0.39 is 9.84 Å². The summed E-state index contributed by atoms with van der Waals surface area (Å²) in [7, 11) is -1.54. The van der Waals surface area contributed by atoms with Crippen LogP contribution >= 0.6 is 23.2 Å². The Morgan fingerprint density at radius 1 is 1.36 bits per heavy atom. The van der Waals surface area contributed by atoms with Crippen LogP contribution in [0.15, 0.2) is 18.2 Å². The van der Waals surface area contributed by atoms with E-state index in [2.05, 4.69) is 0 Å². The third-order valence-electron chi connectivity index (χ3n) is 3.61. The predicted molar refractivity (Wildman–Crippen MR) is 86.4 cm³/mol. The number of hydrogen-bond donors (Lipinski definition) is 0. The molecule has 1 aromatic carbocycles. The number of hydrogen-bond acceptors (Lipinski definition) is 4. The molecule has 1 aliphatic rings. The molecule has 22 heavy (non-hydrogen) atoms. The molecule has 0 aliphatic carbocycles. The highest BCUT2D eigenvalue weighted by molar-refractivity contribution is 7.91. The zero-order valence-electron chi connectivity index (χ0n) is 12.1. The average molecular weight is 366 g/mol. The zero-order valence-corrected chi connectivity index (χ0v) is 14.4. The molecule has 1 heterocycles. The minimum atomic E-state index is -3.08. The fourth-order valence-electron chi connectivity index (χ4n) is 2.46. The van der Waals surface area contributed by atoms with Crippen molar-refractivity contribution in [2.75, 3.05) is 31.8 Å². The number of methoxy groups -OCH3 is 1. The molecule has 2 rings (SSSR count).